The average molecular weight is 381 g/mol. The van der Waals surface area contributed by atoms with Crippen molar-refractivity contribution in [1.29, 1.82) is 0 Å². The van der Waals surface area contributed by atoms with Crippen LogP contribution in [0, 0.1) is 0 Å². The van der Waals surface area contributed by atoms with Crippen LogP contribution in [0.5, 0.6) is 5.75 Å². The van der Waals surface area contributed by atoms with E-state index in [0.717, 1.165) is 22.4 Å². The molecule has 0 radical (unpaired) electrons. The lowest BCUT2D eigenvalue weighted by Gasteiger charge is -2.28. The molecule has 26 heavy (non-hydrogen) atoms. The molecule has 1 aromatic carbocycles. The summed E-state index contributed by atoms with van der Waals surface area (Å²) in [5, 5.41) is 0. The van der Waals surface area contributed by atoms with Gasteiger partial charge in [0.15, 0.2) is 11.9 Å². The van der Waals surface area contributed by atoms with E-state index >= 15 is 0 Å². The monoisotopic (exact) mass is 381 g/mol. The number of benzene rings is 1. The van der Waals surface area contributed by atoms with Gasteiger partial charge in [0, 0.05) is 15.7 Å². The van der Waals surface area contributed by atoms with Gasteiger partial charge in [0.25, 0.3) is 0 Å². The van der Waals surface area contributed by atoms with Gasteiger partial charge in [-0.15, -0.1) is 9.42 Å². The van der Waals surface area contributed by atoms with Crippen LogP contribution in [-0.4, -0.2) is 23.9 Å². The molecule has 0 saturated heterocycles. The molecule has 0 saturated carbocycles. The van der Waals surface area contributed by atoms with E-state index in [-0.39, 0.29) is 16.6 Å². The van der Waals surface area contributed by atoms with Crippen LogP contribution in [0.1, 0.15) is 65.2 Å². The summed E-state index contributed by atoms with van der Waals surface area (Å²) in [7, 11) is -1.20. The number of rotatable bonds is 6. The summed E-state index contributed by atoms with van der Waals surface area (Å²) in [4.78, 5) is 20.9. The molecule has 0 amide bonds. The van der Waals surface area contributed by atoms with Crippen molar-refractivity contribution in [3.05, 3.63) is 34.9 Å². The van der Waals surface area contributed by atoms with E-state index in [1.54, 1.807) is 13.2 Å². The Balaban J connectivity index is 3.42. The van der Waals surface area contributed by atoms with Crippen LogP contribution in [0.15, 0.2) is 18.2 Å². The van der Waals surface area contributed by atoms with Crippen molar-refractivity contribution >= 4 is 20.1 Å². The van der Waals surface area contributed by atoms with Crippen LogP contribution in [0.3, 0.4) is 0 Å². The highest BCUT2D eigenvalue weighted by Gasteiger charge is 2.26. The minimum Gasteiger partial charge on any atom is -0.496 e. The number of hydrogen-bond acceptors (Lipinski definition) is 4. The van der Waals surface area contributed by atoms with Gasteiger partial charge in [-0.1, -0.05) is 47.6 Å². The maximum absolute atomic E-state index is 12.1. The molecule has 0 heterocycles. The number of methoxy groups -OCH3 is 1. The lowest BCUT2D eigenvalue weighted by molar-refractivity contribution is -0.120. The molecule has 144 valence electrons. The van der Waals surface area contributed by atoms with E-state index < -0.39 is 14.4 Å². The van der Waals surface area contributed by atoms with E-state index in [1.807, 2.05) is 6.07 Å². The van der Waals surface area contributed by atoms with Crippen LogP contribution >= 0.6 is 8.25 Å². The minimum atomic E-state index is -2.82. The number of ether oxygens (including phenoxy) is 1. The SMILES string of the molecule is COc1c(/C=C/C(=O)C(C)O[P+](=O)O)cc(C(C)(C)C)cc1C(C)(C)C. The highest BCUT2D eigenvalue weighted by Crippen LogP contribution is 2.38. The fourth-order valence-electron chi connectivity index (χ4n) is 2.49. The van der Waals surface area contributed by atoms with Gasteiger partial charge in [-0.05, 0) is 41.5 Å². The zero-order valence-electron chi connectivity index (χ0n) is 16.9. The number of ketones is 1. The Morgan fingerprint density at radius 2 is 1.73 bits per heavy atom. The lowest BCUT2D eigenvalue weighted by atomic mass is 9.79. The van der Waals surface area contributed by atoms with Crippen molar-refractivity contribution in [3.8, 4) is 5.75 Å². The van der Waals surface area contributed by atoms with Gasteiger partial charge < -0.3 is 4.74 Å². The van der Waals surface area contributed by atoms with Crippen molar-refractivity contribution in [2.75, 3.05) is 7.11 Å². The Kier molecular flexibility index (Phi) is 7.29. The summed E-state index contributed by atoms with van der Waals surface area (Å²) in [6, 6.07) is 4.16. The fraction of sp³-hybridized carbons (Fsp3) is 0.550. The molecule has 0 aromatic heterocycles. The van der Waals surface area contributed by atoms with Gasteiger partial charge >= 0.3 is 8.25 Å². The summed E-state index contributed by atoms with van der Waals surface area (Å²) in [6.45, 7) is 14.2. The smallest absolute Gasteiger partial charge is 0.496 e. The molecule has 0 aliphatic rings. The van der Waals surface area contributed by atoms with Crippen molar-refractivity contribution < 1.29 is 23.5 Å². The van der Waals surface area contributed by atoms with E-state index in [9.17, 15) is 9.36 Å². The molecule has 0 bridgehead atoms. The normalized spacial score (nSPS) is 14.4. The van der Waals surface area contributed by atoms with Gasteiger partial charge in [-0.25, -0.2) is 0 Å². The first-order valence-corrected chi connectivity index (χ1v) is 9.68. The molecule has 2 atom stereocenters. The first-order chi connectivity index (χ1) is 11.8. The van der Waals surface area contributed by atoms with Crippen LogP contribution in [-0.2, 0) is 24.7 Å². The minimum absolute atomic E-state index is 0.0649. The lowest BCUT2D eigenvalue weighted by Crippen LogP contribution is -2.18. The van der Waals surface area contributed by atoms with Gasteiger partial charge in [0.05, 0.1) is 7.11 Å². The van der Waals surface area contributed by atoms with E-state index in [4.69, 9.17) is 9.63 Å². The van der Waals surface area contributed by atoms with Crippen molar-refractivity contribution in [2.24, 2.45) is 0 Å². The molecule has 6 heteroatoms. The highest BCUT2D eigenvalue weighted by atomic mass is 31.1. The number of carbonyl (C=O) groups excluding carboxylic acids is 1. The summed E-state index contributed by atoms with van der Waals surface area (Å²) in [6.07, 6.45) is 2.05. The second-order valence-corrected chi connectivity index (χ2v) is 9.05. The van der Waals surface area contributed by atoms with Crippen LogP contribution in [0.2, 0.25) is 0 Å². The molecule has 2 unspecified atom stereocenters. The van der Waals surface area contributed by atoms with Gasteiger partial charge in [0.1, 0.15) is 5.75 Å². The topological polar surface area (TPSA) is 72.8 Å². The highest BCUT2D eigenvalue weighted by molar-refractivity contribution is 7.32. The first kappa shape index (κ1) is 22.5. The molecule has 1 aromatic rings. The van der Waals surface area contributed by atoms with Crippen LogP contribution in [0.25, 0.3) is 6.08 Å². The first-order valence-electron chi connectivity index (χ1n) is 8.55. The standard InChI is InChI=1S/C20H29O5P/c1-13(25-26(22)23)17(21)10-9-14-11-15(19(2,3)4)12-16(18(14)24-8)20(5,6)7/h9-13H,1-8H3/p+1/b10-9+. The Labute approximate surface area is 157 Å². The predicted octanol–water partition coefficient (Wildman–Crippen LogP) is 4.93. The quantitative estimate of drug-likeness (QED) is 0.559. The maximum atomic E-state index is 12.1. The molecule has 1 rings (SSSR count). The Hall–Kier alpha value is -1.55. The molecule has 0 spiro atoms. The molecule has 0 fully saturated rings. The van der Waals surface area contributed by atoms with Gasteiger partial charge in [-0.3, -0.25) is 4.79 Å². The Bertz CT molecular complexity index is 708. The fourth-order valence-corrected chi connectivity index (χ4v) is 2.86. The zero-order chi connectivity index (χ0) is 20.3. The third-order valence-electron chi connectivity index (χ3n) is 4.07. The maximum Gasteiger partial charge on any atom is 0.695 e. The van der Waals surface area contributed by atoms with E-state index in [2.05, 4.69) is 52.1 Å². The second kappa shape index (κ2) is 8.43. The average Bonchev–Trinajstić information content (AvgIpc) is 2.48. The summed E-state index contributed by atoms with van der Waals surface area (Å²) in [5.74, 6) is 0.333. The third kappa shape index (κ3) is 6.01. The molecular formula is C20H30O5P+. The van der Waals surface area contributed by atoms with E-state index in [0.29, 0.717) is 0 Å². The second-order valence-electron chi connectivity index (χ2n) is 8.37. The molecule has 0 aliphatic carbocycles. The largest absolute Gasteiger partial charge is 0.695 e. The molecule has 5 nitrogen and oxygen atoms in total. The van der Waals surface area contributed by atoms with Crippen molar-refractivity contribution in [1.82, 2.24) is 0 Å². The van der Waals surface area contributed by atoms with E-state index in [1.165, 1.54) is 13.0 Å². The molecule has 0 aliphatic heterocycles. The molecular weight excluding hydrogens is 351 g/mol. The third-order valence-corrected chi connectivity index (χ3v) is 4.57. The zero-order valence-corrected chi connectivity index (χ0v) is 17.8. The summed E-state index contributed by atoms with van der Waals surface area (Å²) < 4.78 is 21.0. The number of hydrogen-bond donors (Lipinski definition) is 1. The van der Waals surface area contributed by atoms with Crippen molar-refractivity contribution in [3.63, 3.8) is 0 Å². The Morgan fingerprint density at radius 3 is 2.15 bits per heavy atom. The van der Waals surface area contributed by atoms with Crippen LogP contribution < -0.4 is 4.74 Å². The summed E-state index contributed by atoms with van der Waals surface area (Å²) >= 11 is 0. The Morgan fingerprint density at radius 1 is 1.15 bits per heavy atom. The number of carbonyl (C=O) groups is 1. The predicted molar refractivity (Wildman–Crippen MR) is 105 cm³/mol. The summed E-state index contributed by atoms with van der Waals surface area (Å²) in [5.41, 5.74) is 2.79. The molecule has 1 N–H and O–H groups in total. The van der Waals surface area contributed by atoms with Crippen LogP contribution in [0.4, 0.5) is 0 Å². The van der Waals surface area contributed by atoms with Gasteiger partial charge in [0.2, 0.25) is 0 Å². The van der Waals surface area contributed by atoms with Gasteiger partial charge in [-0.2, -0.15) is 0 Å². The van der Waals surface area contributed by atoms with Crippen molar-refractivity contribution in [2.45, 2.75) is 65.4 Å².